The van der Waals surface area contributed by atoms with E-state index in [9.17, 15) is 0 Å². The van der Waals surface area contributed by atoms with Crippen molar-refractivity contribution >= 4 is 0 Å². The Bertz CT molecular complexity index is 296. The van der Waals surface area contributed by atoms with Gasteiger partial charge in [0, 0.05) is 38.8 Å². The molecule has 2 N–H and O–H groups in total. The number of hydrogen-bond donors (Lipinski definition) is 1. The molecule has 116 valence electrons. The summed E-state index contributed by atoms with van der Waals surface area (Å²) in [7, 11) is 0. The smallest absolute Gasteiger partial charge is 0.0697 e. The fourth-order valence-corrected chi connectivity index (χ4v) is 4.35. The normalized spacial score (nSPS) is 31.9. The third kappa shape index (κ3) is 3.35. The zero-order chi connectivity index (χ0) is 13.8. The first-order valence-corrected chi connectivity index (χ1v) is 8.62. The van der Waals surface area contributed by atoms with Gasteiger partial charge >= 0.3 is 0 Å². The lowest BCUT2D eigenvalue weighted by Gasteiger charge is -2.45. The summed E-state index contributed by atoms with van der Waals surface area (Å²) in [4.78, 5) is 5.32. The molecule has 3 aliphatic rings. The second kappa shape index (κ2) is 6.73. The van der Waals surface area contributed by atoms with Crippen molar-refractivity contribution < 1.29 is 4.74 Å². The summed E-state index contributed by atoms with van der Waals surface area (Å²) >= 11 is 0. The highest BCUT2D eigenvalue weighted by Crippen LogP contribution is 2.41. The van der Waals surface area contributed by atoms with E-state index in [-0.39, 0.29) is 5.60 Å². The van der Waals surface area contributed by atoms with Gasteiger partial charge in [-0.25, -0.2) is 0 Å². The van der Waals surface area contributed by atoms with Crippen LogP contribution >= 0.6 is 0 Å². The minimum absolute atomic E-state index is 0.263. The van der Waals surface area contributed by atoms with Gasteiger partial charge in [0.05, 0.1) is 5.60 Å². The molecule has 1 unspecified atom stereocenters. The van der Waals surface area contributed by atoms with Crippen LogP contribution in [-0.4, -0.2) is 67.3 Å². The molecule has 0 aromatic heterocycles. The molecule has 4 heteroatoms. The van der Waals surface area contributed by atoms with Gasteiger partial charge in [-0.15, -0.1) is 0 Å². The first-order valence-electron chi connectivity index (χ1n) is 8.62. The zero-order valence-corrected chi connectivity index (χ0v) is 12.9. The molecule has 1 atom stereocenters. The molecule has 4 nitrogen and oxygen atoms in total. The number of piperazine rings is 1. The lowest BCUT2D eigenvalue weighted by molar-refractivity contribution is -0.105. The Morgan fingerprint density at radius 3 is 2.55 bits per heavy atom. The number of rotatable bonds is 4. The van der Waals surface area contributed by atoms with Crippen LogP contribution in [0.25, 0.3) is 0 Å². The number of nitrogens with two attached hydrogens (primary N) is 1. The lowest BCUT2D eigenvalue weighted by atomic mass is 9.88. The van der Waals surface area contributed by atoms with Crippen LogP contribution in [0.5, 0.6) is 0 Å². The lowest BCUT2D eigenvalue weighted by Crippen LogP contribution is -2.54. The highest BCUT2D eigenvalue weighted by molar-refractivity contribution is 4.95. The van der Waals surface area contributed by atoms with Crippen LogP contribution < -0.4 is 5.73 Å². The van der Waals surface area contributed by atoms with Gasteiger partial charge in [-0.2, -0.15) is 0 Å². The Hall–Kier alpha value is -0.160. The summed E-state index contributed by atoms with van der Waals surface area (Å²) in [6.45, 7) is 7.92. The predicted octanol–water partition coefficient (Wildman–Crippen LogP) is 1.44. The summed E-state index contributed by atoms with van der Waals surface area (Å²) in [5, 5.41) is 0. The first kappa shape index (κ1) is 14.8. The fourth-order valence-electron chi connectivity index (χ4n) is 4.35. The summed E-state index contributed by atoms with van der Waals surface area (Å²) in [6.07, 6.45) is 9.03. The van der Waals surface area contributed by atoms with E-state index in [1.165, 1.54) is 71.2 Å². The van der Waals surface area contributed by atoms with Crippen LogP contribution in [0.15, 0.2) is 0 Å². The maximum atomic E-state index is 6.17. The molecule has 1 aliphatic carbocycles. The Morgan fingerprint density at radius 1 is 1.10 bits per heavy atom. The Balaban J connectivity index is 1.48. The van der Waals surface area contributed by atoms with Crippen molar-refractivity contribution in [1.82, 2.24) is 9.80 Å². The fraction of sp³-hybridized carbons (Fsp3) is 1.00. The minimum atomic E-state index is 0.263. The van der Waals surface area contributed by atoms with E-state index in [4.69, 9.17) is 10.5 Å². The summed E-state index contributed by atoms with van der Waals surface area (Å²) in [6, 6.07) is 0.776. The number of ether oxygens (including phenoxy) is 1. The first-order chi connectivity index (χ1) is 9.81. The molecule has 2 saturated heterocycles. The maximum Gasteiger partial charge on any atom is 0.0697 e. The van der Waals surface area contributed by atoms with E-state index in [1.54, 1.807) is 0 Å². The van der Waals surface area contributed by atoms with Crippen molar-refractivity contribution in [2.24, 2.45) is 5.73 Å². The van der Waals surface area contributed by atoms with Crippen molar-refractivity contribution in [1.29, 1.82) is 0 Å². The topological polar surface area (TPSA) is 41.7 Å². The van der Waals surface area contributed by atoms with Gasteiger partial charge in [-0.1, -0.05) is 12.8 Å². The van der Waals surface area contributed by atoms with Crippen LogP contribution in [0.4, 0.5) is 0 Å². The van der Waals surface area contributed by atoms with E-state index in [0.29, 0.717) is 0 Å². The maximum absolute atomic E-state index is 6.17. The molecular formula is C16H31N3O. The zero-order valence-electron chi connectivity index (χ0n) is 12.9. The summed E-state index contributed by atoms with van der Waals surface area (Å²) in [5.41, 5.74) is 5.87. The van der Waals surface area contributed by atoms with E-state index < -0.39 is 0 Å². The second-order valence-electron chi connectivity index (χ2n) is 6.91. The number of nitrogens with zero attached hydrogens (tertiary/aromatic N) is 2. The molecule has 0 bridgehead atoms. The highest BCUT2D eigenvalue weighted by Gasteiger charge is 2.41. The molecule has 0 radical (unpaired) electrons. The van der Waals surface area contributed by atoms with Gasteiger partial charge in [-0.3, -0.25) is 4.90 Å². The van der Waals surface area contributed by atoms with Gasteiger partial charge in [-0.05, 0) is 45.2 Å². The molecule has 3 fully saturated rings. The molecule has 2 heterocycles. The van der Waals surface area contributed by atoms with Crippen molar-refractivity contribution in [2.75, 3.05) is 45.9 Å². The van der Waals surface area contributed by atoms with Crippen LogP contribution in [0.2, 0.25) is 0 Å². The minimum Gasteiger partial charge on any atom is -0.375 e. The quantitative estimate of drug-likeness (QED) is 0.847. The average Bonchev–Trinajstić information content (AvgIpc) is 2.93. The SMILES string of the molecule is NCCCN1CCN(C2CCOC3(CCCC3)C2)CC1. The molecule has 0 aromatic rings. The van der Waals surface area contributed by atoms with Crippen LogP contribution in [-0.2, 0) is 4.74 Å². The van der Waals surface area contributed by atoms with Crippen molar-refractivity contribution in [2.45, 2.75) is 56.6 Å². The van der Waals surface area contributed by atoms with Gasteiger partial charge in [0.15, 0.2) is 0 Å². The Kier molecular flexibility index (Phi) is 4.97. The monoisotopic (exact) mass is 281 g/mol. The molecule has 3 rings (SSSR count). The summed E-state index contributed by atoms with van der Waals surface area (Å²) in [5.74, 6) is 0. The Labute approximate surface area is 123 Å². The third-order valence-electron chi connectivity index (χ3n) is 5.58. The molecule has 0 aromatic carbocycles. The van der Waals surface area contributed by atoms with E-state index in [0.717, 1.165) is 25.6 Å². The van der Waals surface area contributed by atoms with Gasteiger partial charge in [0.25, 0.3) is 0 Å². The van der Waals surface area contributed by atoms with Gasteiger partial charge in [0.1, 0.15) is 0 Å². The van der Waals surface area contributed by atoms with E-state index in [2.05, 4.69) is 9.80 Å². The summed E-state index contributed by atoms with van der Waals surface area (Å²) < 4.78 is 6.17. The second-order valence-corrected chi connectivity index (χ2v) is 6.91. The molecule has 1 saturated carbocycles. The average molecular weight is 281 g/mol. The van der Waals surface area contributed by atoms with Crippen LogP contribution in [0, 0.1) is 0 Å². The van der Waals surface area contributed by atoms with E-state index in [1.807, 2.05) is 0 Å². The molecule has 1 spiro atoms. The van der Waals surface area contributed by atoms with Gasteiger partial charge < -0.3 is 15.4 Å². The van der Waals surface area contributed by atoms with Crippen LogP contribution in [0.3, 0.4) is 0 Å². The largest absolute Gasteiger partial charge is 0.375 e. The molecule has 0 amide bonds. The molecular weight excluding hydrogens is 250 g/mol. The molecule has 20 heavy (non-hydrogen) atoms. The highest BCUT2D eigenvalue weighted by atomic mass is 16.5. The Morgan fingerprint density at radius 2 is 1.85 bits per heavy atom. The third-order valence-corrected chi connectivity index (χ3v) is 5.58. The standard InChI is InChI=1S/C16H31N3O/c17-7-3-8-18-9-11-19(12-10-18)15-4-13-20-16(14-15)5-1-2-6-16/h15H,1-14,17H2. The molecule has 2 aliphatic heterocycles. The van der Waals surface area contributed by atoms with Crippen molar-refractivity contribution in [3.63, 3.8) is 0 Å². The predicted molar refractivity (Wildman–Crippen MR) is 81.9 cm³/mol. The van der Waals surface area contributed by atoms with Gasteiger partial charge in [0.2, 0.25) is 0 Å². The van der Waals surface area contributed by atoms with Crippen LogP contribution in [0.1, 0.15) is 44.9 Å². The van der Waals surface area contributed by atoms with Crippen molar-refractivity contribution in [3.8, 4) is 0 Å². The van der Waals surface area contributed by atoms with Crippen molar-refractivity contribution in [3.05, 3.63) is 0 Å². The van der Waals surface area contributed by atoms with E-state index >= 15 is 0 Å². The number of hydrogen-bond acceptors (Lipinski definition) is 4.